The van der Waals surface area contributed by atoms with E-state index in [0.717, 1.165) is 5.56 Å². The number of carbonyl (C=O) groups excluding carboxylic acids is 1. The Morgan fingerprint density at radius 2 is 1.55 bits per heavy atom. The van der Waals surface area contributed by atoms with Crippen molar-refractivity contribution in [3.05, 3.63) is 96.1 Å². The first kappa shape index (κ1) is 20.6. The maximum Gasteiger partial charge on any atom is 0.264 e. The molecule has 0 bridgehead atoms. The van der Waals surface area contributed by atoms with Gasteiger partial charge in [0.1, 0.15) is 0 Å². The molecule has 3 aromatic rings. The lowest BCUT2D eigenvalue weighted by molar-refractivity contribution is 0.0939. The van der Waals surface area contributed by atoms with Crippen LogP contribution in [0.2, 0.25) is 0 Å². The number of para-hydroxylation sites is 1. The normalized spacial score (nSPS) is 12.2. The molecule has 0 aliphatic rings. The van der Waals surface area contributed by atoms with Crippen molar-refractivity contribution in [2.24, 2.45) is 0 Å². The highest BCUT2D eigenvalue weighted by atomic mass is 32.2. The number of rotatable bonds is 7. The van der Waals surface area contributed by atoms with Crippen molar-refractivity contribution in [3.8, 4) is 0 Å². The van der Waals surface area contributed by atoms with Gasteiger partial charge in [0.15, 0.2) is 0 Å². The van der Waals surface area contributed by atoms with E-state index in [1.807, 2.05) is 43.3 Å². The van der Waals surface area contributed by atoms with Crippen LogP contribution in [0.3, 0.4) is 0 Å². The summed E-state index contributed by atoms with van der Waals surface area (Å²) in [7, 11) is -3.79. The van der Waals surface area contributed by atoms with E-state index in [1.165, 1.54) is 16.4 Å². The molecule has 1 N–H and O–H groups in total. The van der Waals surface area contributed by atoms with E-state index < -0.39 is 10.0 Å². The number of carbonyl (C=O) groups is 1. The third-order valence-electron chi connectivity index (χ3n) is 4.66. The second-order valence-electron chi connectivity index (χ2n) is 6.64. The Morgan fingerprint density at radius 1 is 0.931 bits per heavy atom. The van der Waals surface area contributed by atoms with Crippen LogP contribution in [0.1, 0.15) is 35.8 Å². The summed E-state index contributed by atoms with van der Waals surface area (Å²) in [6.45, 7) is 3.96. The van der Waals surface area contributed by atoms with Crippen LogP contribution < -0.4 is 9.62 Å². The number of nitrogens with one attached hydrogen (secondary N) is 1. The molecule has 3 aromatic carbocycles. The molecule has 0 fully saturated rings. The third kappa shape index (κ3) is 4.66. The Labute approximate surface area is 172 Å². The Bertz CT molecular complexity index is 1070. The van der Waals surface area contributed by atoms with E-state index in [2.05, 4.69) is 5.32 Å². The Balaban J connectivity index is 1.85. The Kier molecular flexibility index (Phi) is 6.34. The molecule has 0 saturated heterocycles. The van der Waals surface area contributed by atoms with Gasteiger partial charge < -0.3 is 5.32 Å². The van der Waals surface area contributed by atoms with Gasteiger partial charge in [-0.15, -0.1) is 0 Å². The molecule has 3 rings (SSSR count). The van der Waals surface area contributed by atoms with Crippen LogP contribution in [0.25, 0.3) is 0 Å². The van der Waals surface area contributed by atoms with Gasteiger partial charge in [-0.3, -0.25) is 9.10 Å². The number of hydrogen-bond donors (Lipinski definition) is 1. The lowest BCUT2D eigenvalue weighted by atomic mass is 10.1. The highest BCUT2D eigenvalue weighted by molar-refractivity contribution is 7.92. The molecule has 0 spiro atoms. The zero-order valence-corrected chi connectivity index (χ0v) is 17.3. The van der Waals surface area contributed by atoms with Crippen LogP contribution in [0.15, 0.2) is 89.8 Å². The molecule has 0 unspecified atom stereocenters. The predicted molar refractivity (Wildman–Crippen MR) is 115 cm³/mol. The van der Waals surface area contributed by atoms with E-state index in [1.54, 1.807) is 43.3 Å². The molecule has 150 valence electrons. The summed E-state index contributed by atoms with van der Waals surface area (Å²) < 4.78 is 27.7. The second kappa shape index (κ2) is 8.92. The summed E-state index contributed by atoms with van der Waals surface area (Å²) >= 11 is 0. The van der Waals surface area contributed by atoms with Crippen LogP contribution in [0.5, 0.6) is 0 Å². The van der Waals surface area contributed by atoms with Gasteiger partial charge in [0.25, 0.3) is 15.9 Å². The molecule has 0 saturated carbocycles. The summed E-state index contributed by atoms with van der Waals surface area (Å²) in [4.78, 5) is 12.8. The van der Waals surface area contributed by atoms with Crippen molar-refractivity contribution >= 4 is 21.6 Å². The molecule has 29 heavy (non-hydrogen) atoms. The summed E-state index contributed by atoms with van der Waals surface area (Å²) in [5, 5.41) is 2.92. The Morgan fingerprint density at radius 3 is 2.17 bits per heavy atom. The highest BCUT2D eigenvalue weighted by Crippen LogP contribution is 2.24. The zero-order chi connectivity index (χ0) is 20.9. The molecular weight excluding hydrogens is 384 g/mol. The van der Waals surface area contributed by atoms with Gasteiger partial charge in [0.05, 0.1) is 16.6 Å². The largest absolute Gasteiger partial charge is 0.346 e. The van der Waals surface area contributed by atoms with Gasteiger partial charge in [-0.1, -0.05) is 54.6 Å². The van der Waals surface area contributed by atoms with E-state index in [9.17, 15) is 13.2 Å². The minimum Gasteiger partial charge on any atom is -0.346 e. The number of anilines is 1. The SMILES string of the molecule is CCN(c1ccccc1)S(=O)(=O)c1cccc(C(=O)N[C@@H](C)c2ccccc2)c1. The average molecular weight is 409 g/mol. The monoisotopic (exact) mass is 408 g/mol. The molecule has 0 radical (unpaired) electrons. The van der Waals surface area contributed by atoms with Gasteiger partial charge in [0.2, 0.25) is 0 Å². The van der Waals surface area contributed by atoms with Gasteiger partial charge in [-0.05, 0) is 49.7 Å². The number of benzene rings is 3. The van der Waals surface area contributed by atoms with Crippen LogP contribution in [-0.2, 0) is 10.0 Å². The first-order valence-electron chi connectivity index (χ1n) is 9.47. The summed E-state index contributed by atoms with van der Waals surface area (Å²) in [5.74, 6) is -0.318. The summed E-state index contributed by atoms with van der Waals surface area (Å²) in [5.41, 5.74) is 1.87. The molecule has 0 heterocycles. The molecule has 6 heteroatoms. The van der Waals surface area contributed by atoms with Crippen LogP contribution in [-0.4, -0.2) is 20.9 Å². The maximum atomic E-state index is 13.2. The molecule has 0 aliphatic heterocycles. The lowest BCUT2D eigenvalue weighted by Gasteiger charge is -2.23. The maximum absolute atomic E-state index is 13.2. The van der Waals surface area contributed by atoms with Crippen molar-refractivity contribution in [1.82, 2.24) is 5.32 Å². The minimum atomic E-state index is -3.79. The van der Waals surface area contributed by atoms with Gasteiger partial charge in [-0.2, -0.15) is 0 Å². The minimum absolute atomic E-state index is 0.0863. The smallest absolute Gasteiger partial charge is 0.264 e. The van der Waals surface area contributed by atoms with Crippen molar-refractivity contribution in [1.29, 1.82) is 0 Å². The van der Waals surface area contributed by atoms with E-state index in [-0.39, 0.29) is 23.4 Å². The third-order valence-corrected chi connectivity index (χ3v) is 6.56. The number of hydrogen-bond acceptors (Lipinski definition) is 3. The lowest BCUT2D eigenvalue weighted by Crippen LogP contribution is -2.31. The fraction of sp³-hybridized carbons (Fsp3) is 0.174. The number of amides is 1. The molecule has 0 aromatic heterocycles. The fourth-order valence-electron chi connectivity index (χ4n) is 3.12. The second-order valence-corrected chi connectivity index (χ2v) is 8.50. The van der Waals surface area contributed by atoms with Crippen LogP contribution >= 0.6 is 0 Å². The molecular formula is C23H24N2O3S. The highest BCUT2D eigenvalue weighted by Gasteiger charge is 2.24. The van der Waals surface area contributed by atoms with Crippen molar-refractivity contribution in [3.63, 3.8) is 0 Å². The number of sulfonamides is 1. The quantitative estimate of drug-likeness (QED) is 0.630. The van der Waals surface area contributed by atoms with Gasteiger partial charge >= 0.3 is 0 Å². The predicted octanol–water partition coefficient (Wildman–Crippen LogP) is 4.39. The van der Waals surface area contributed by atoms with Gasteiger partial charge in [-0.25, -0.2) is 8.42 Å². The molecule has 1 amide bonds. The zero-order valence-electron chi connectivity index (χ0n) is 16.4. The topological polar surface area (TPSA) is 66.5 Å². The van der Waals surface area contributed by atoms with Crippen molar-refractivity contribution < 1.29 is 13.2 Å². The first-order valence-corrected chi connectivity index (χ1v) is 10.9. The first-order chi connectivity index (χ1) is 13.9. The average Bonchev–Trinajstić information content (AvgIpc) is 2.75. The van der Waals surface area contributed by atoms with Crippen molar-refractivity contribution in [2.75, 3.05) is 10.8 Å². The van der Waals surface area contributed by atoms with E-state index in [0.29, 0.717) is 11.3 Å². The van der Waals surface area contributed by atoms with E-state index >= 15 is 0 Å². The molecule has 1 atom stereocenters. The summed E-state index contributed by atoms with van der Waals surface area (Å²) in [6.07, 6.45) is 0. The molecule has 5 nitrogen and oxygen atoms in total. The fourth-order valence-corrected chi connectivity index (χ4v) is 4.64. The van der Waals surface area contributed by atoms with Crippen molar-refractivity contribution in [2.45, 2.75) is 24.8 Å². The van der Waals surface area contributed by atoms with Crippen LogP contribution in [0.4, 0.5) is 5.69 Å². The molecule has 0 aliphatic carbocycles. The summed E-state index contributed by atoms with van der Waals surface area (Å²) in [6, 6.07) is 24.5. The van der Waals surface area contributed by atoms with Crippen LogP contribution in [0, 0.1) is 0 Å². The number of nitrogens with zero attached hydrogens (tertiary/aromatic N) is 1. The van der Waals surface area contributed by atoms with Gasteiger partial charge in [0, 0.05) is 12.1 Å². The Hall–Kier alpha value is -3.12. The van der Waals surface area contributed by atoms with E-state index in [4.69, 9.17) is 0 Å². The standard InChI is InChI=1S/C23H24N2O3S/c1-3-25(21-14-8-5-9-15-21)29(27,28)22-16-10-13-20(17-22)23(26)24-18(2)19-11-6-4-7-12-19/h4-18H,3H2,1-2H3,(H,24,26)/t18-/m0/s1.